The molecule has 0 radical (unpaired) electrons. The molecule has 1 aromatic heterocycles. The summed E-state index contributed by atoms with van der Waals surface area (Å²) >= 11 is 0. The fourth-order valence-electron chi connectivity index (χ4n) is 3.05. The maximum absolute atomic E-state index is 12.6. The molecule has 0 spiro atoms. The van der Waals surface area contributed by atoms with E-state index < -0.39 is 10.8 Å². The van der Waals surface area contributed by atoms with Crippen LogP contribution >= 0.6 is 0 Å². The Morgan fingerprint density at radius 3 is 2.68 bits per heavy atom. The van der Waals surface area contributed by atoms with E-state index in [0.717, 1.165) is 47.9 Å². The van der Waals surface area contributed by atoms with Crippen LogP contribution in [0.25, 0.3) is 5.70 Å². The summed E-state index contributed by atoms with van der Waals surface area (Å²) in [6.45, 7) is 1.59. The summed E-state index contributed by atoms with van der Waals surface area (Å²) in [4.78, 5) is 0.901. The largest absolute Gasteiger partial charge is 0.381 e. The third-order valence-corrected chi connectivity index (χ3v) is 5.45. The highest BCUT2D eigenvalue weighted by Crippen LogP contribution is 2.37. The van der Waals surface area contributed by atoms with Gasteiger partial charge in [0.15, 0.2) is 0 Å². The number of hydrogen-bond acceptors (Lipinski definition) is 3. The molecule has 1 saturated heterocycles. The Morgan fingerprint density at radius 1 is 1.14 bits per heavy atom. The summed E-state index contributed by atoms with van der Waals surface area (Å²) in [5, 5.41) is 5.39. The molecule has 22 heavy (non-hydrogen) atoms. The van der Waals surface area contributed by atoms with Gasteiger partial charge in [-0.1, -0.05) is 12.1 Å². The van der Waals surface area contributed by atoms with Crippen molar-refractivity contribution in [3.05, 3.63) is 53.7 Å². The normalized spacial score (nSPS) is 21.5. The van der Waals surface area contributed by atoms with Gasteiger partial charge in [-0.25, -0.2) is 4.21 Å². The molecule has 1 atom stereocenters. The SMILES string of the molecule is O=S1C=C(n2cccc2)c2cccc(NC3CCOCC3)c21. The fourth-order valence-corrected chi connectivity index (χ4v) is 4.35. The second-order valence-corrected chi connectivity index (χ2v) is 6.84. The molecule has 5 heteroatoms. The van der Waals surface area contributed by atoms with Gasteiger partial charge in [0.05, 0.1) is 27.1 Å². The van der Waals surface area contributed by atoms with Crippen LogP contribution in [0.3, 0.4) is 0 Å². The minimum atomic E-state index is -1.10. The summed E-state index contributed by atoms with van der Waals surface area (Å²) in [7, 11) is -1.10. The summed E-state index contributed by atoms with van der Waals surface area (Å²) in [5.41, 5.74) is 3.03. The van der Waals surface area contributed by atoms with Crippen molar-refractivity contribution in [1.82, 2.24) is 4.57 Å². The van der Waals surface area contributed by atoms with Crippen LogP contribution < -0.4 is 5.32 Å². The average Bonchev–Trinajstić information content (AvgIpc) is 3.17. The third-order valence-electron chi connectivity index (χ3n) is 4.17. The Hall–Kier alpha value is -1.85. The standard InChI is InChI=1S/C17H18N2O2S/c20-22-12-16(19-8-1-2-9-19)14-4-3-5-15(17(14)22)18-13-6-10-21-11-7-13/h1-5,8-9,12-13,18H,6-7,10-11H2. The number of fused-ring (bicyclic) bond motifs is 1. The number of anilines is 1. The molecular formula is C17H18N2O2S. The lowest BCUT2D eigenvalue weighted by atomic mass is 10.1. The van der Waals surface area contributed by atoms with Crippen LogP contribution in [0.2, 0.25) is 0 Å². The van der Waals surface area contributed by atoms with E-state index >= 15 is 0 Å². The van der Waals surface area contributed by atoms with Crippen molar-refractivity contribution in [2.75, 3.05) is 18.5 Å². The Morgan fingerprint density at radius 2 is 1.91 bits per heavy atom. The van der Waals surface area contributed by atoms with Gasteiger partial charge < -0.3 is 14.6 Å². The molecule has 1 N–H and O–H groups in total. The Labute approximate surface area is 132 Å². The van der Waals surface area contributed by atoms with E-state index in [1.807, 2.05) is 52.7 Å². The molecule has 114 valence electrons. The van der Waals surface area contributed by atoms with Crippen molar-refractivity contribution in [3.8, 4) is 0 Å². The molecule has 0 amide bonds. The van der Waals surface area contributed by atoms with Crippen molar-refractivity contribution in [3.63, 3.8) is 0 Å². The Bertz CT molecular complexity index is 731. The van der Waals surface area contributed by atoms with Crippen LogP contribution in [0, 0.1) is 0 Å². The van der Waals surface area contributed by atoms with Gasteiger partial charge in [0.2, 0.25) is 0 Å². The predicted molar refractivity (Wildman–Crippen MR) is 88.1 cm³/mol. The number of nitrogens with zero attached hydrogens (tertiary/aromatic N) is 1. The van der Waals surface area contributed by atoms with Gasteiger partial charge in [-0.3, -0.25) is 0 Å². The number of nitrogens with one attached hydrogen (secondary N) is 1. The minimum absolute atomic E-state index is 0.396. The molecule has 0 aliphatic carbocycles. The zero-order valence-corrected chi connectivity index (χ0v) is 13.0. The van der Waals surface area contributed by atoms with Crippen LogP contribution in [0.1, 0.15) is 18.4 Å². The second-order valence-electron chi connectivity index (χ2n) is 5.60. The van der Waals surface area contributed by atoms with Gasteiger partial charge in [0, 0.05) is 42.6 Å². The van der Waals surface area contributed by atoms with E-state index in [-0.39, 0.29) is 0 Å². The van der Waals surface area contributed by atoms with Gasteiger partial charge in [-0.2, -0.15) is 0 Å². The molecule has 0 bridgehead atoms. The fraction of sp³-hybridized carbons (Fsp3) is 0.294. The van der Waals surface area contributed by atoms with Gasteiger partial charge >= 0.3 is 0 Å². The minimum Gasteiger partial charge on any atom is -0.381 e. The highest BCUT2D eigenvalue weighted by molar-refractivity contribution is 7.88. The quantitative estimate of drug-likeness (QED) is 0.947. The molecule has 2 aromatic rings. The highest BCUT2D eigenvalue weighted by atomic mass is 32.2. The molecule has 1 aromatic carbocycles. The summed E-state index contributed by atoms with van der Waals surface area (Å²) in [5.74, 6) is 0. The van der Waals surface area contributed by atoms with Crippen LogP contribution in [-0.4, -0.2) is 28.0 Å². The first-order valence-electron chi connectivity index (χ1n) is 7.56. The van der Waals surface area contributed by atoms with E-state index in [2.05, 4.69) is 5.32 Å². The van der Waals surface area contributed by atoms with Crippen LogP contribution in [0.15, 0.2) is 53.0 Å². The van der Waals surface area contributed by atoms with E-state index in [4.69, 9.17) is 4.74 Å². The third kappa shape index (κ3) is 2.40. The number of hydrogen-bond donors (Lipinski definition) is 1. The predicted octanol–water partition coefficient (Wildman–Crippen LogP) is 3.05. The first-order chi connectivity index (χ1) is 10.8. The van der Waals surface area contributed by atoms with E-state index in [1.54, 1.807) is 0 Å². The number of aromatic nitrogens is 1. The molecule has 0 saturated carbocycles. The molecule has 1 fully saturated rings. The monoisotopic (exact) mass is 314 g/mol. The molecule has 4 rings (SSSR count). The molecule has 2 aliphatic rings. The van der Waals surface area contributed by atoms with Gasteiger partial charge in [0.25, 0.3) is 0 Å². The van der Waals surface area contributed by atoms with Crippen LogP contribution in [0.4, 0.5) is 5.69 Å². The van der Waals surface area contributed by atoms with E-state index in [0.29, 0.717) is 6.04 Å². The number of benzene rings is 1. The van der Waals surface area contributed by atoms with Gasteiger partial charge in [-0.05, 0) is 31.0 Å². The topological polar surface area (TPSA) is 43.3 Å². The molecule has 3 heterocycles. The van der Waals surface area contributed by atoms with Crippen molar-refractivity contribution < 1.29 is 8.95 Å². The molecule has 4 nitrogen and oxygen atoms in total. The second kappa shape index (κ2) is 5.74. The lowest BCUT2D eigenvalue weighted by molar-refractivity contribution is 0.0904. The lowest BCUT2D eigenvalue weighted by Crippen LogP contribution is -2.28. The smallest absolute Gasteiger partial charge is 0.0825 e. The average molecular weight is 314 g/mol. The van der Waals surface area contributed by atoms with Crippen LogP contribution in [-0.2, 0) is 15.5 Å². The van der Waals surface area contributed by atoms with Crippen molar-refractivity contribution in [1.29, 1.82) is 0 Å². The summed E-state index contributed by atoms with van der Waals surface area (Å²) < 4.78 is 20.0. The summed E-state index contributed by atoms with van der Waals surface area (Å²) in [6.07, 6.45) is 5.95. The highest BCUT2D eigenvalue weighted by Gasteiger charge is 2.25. The Kier molecular flexibility index (Phi) is 3.60. The maximum Gasteiger partial charge on any atom is 0.0825 e. The number of rotatable bonds is 3. The van der Waals surface area contributed by atoms with Crippen molar-refractivity contribution >= 4 is 22.2 Å². The van der Waals surface area contributed by atoms with Gasteiger partial charge in [-0.15, -0.1) is 0 Å². The van der Waals surface area contributed by atoms with Crippen molar-refractivity contribution in [2.24, 2.45) is 0 Å². The first-order valence-corrected chi connectivity index (χ1v) is 8.77. The molecule has 2 aliphatic heterocycles. The maximum atomic E-state index is 12.6. The lowest BCUT2D eigenvalue weighted by Gasteiger charge is -2.25. The summed E-state index contributed by atoms with van der Waals surface area (Å²) in [6, 6.07) is 10.4. The molecular weight excluding hydrogens is 296 g/mol. The van der Waals surface area contributed by atoms with E-state index in [9.17, 15) is 4.21 Å². The Balaban J connectivity index is 1.68. The first kappa shape index (κ1) is 13.8. The van der Waals surface area contributed by atoms with E-state index in [1.165, 1.54) is 0 Å². The zero-order chi connectivity index (χ0) is 14.9. The number of ether oxygens (including phenoxy) is 1. The molecule has 1 unspecified atom stereocenters. The zero-order valence-electron chi connectivity index (χ0n) is 12.2. The van der Waals surface area contributed by atoms with Crippen LogP contribution in [0.5, 0.6) is 0 Å². The van der Waals surface area contributed by atoms with Crippen molar-refractivity contribution in [2.45, 2.75) is 23.8 Å². The van der Waals surface area contributed by atoms with Gasteiger partial charge in [0.1, 0.15) is 0 Å².